The monoisotopic (exact) mass is 308 g/mol. The molecule has 0 spiro atoms. The van der Waals surface area contributed by atoms with Gasteiger partial charge in [-0.3, -0.25) is 0 Å². The summed E-state index contributed by atoms with van der Waals surface area (Å²) in [7, 11) is 0. The molecule has 2 aromatic carbocycles. The first-order valence-electron chi connectivity index (χ1n) is 8.12. The van der Waals surface area contributed by atoms with Crippen LogP contribution in [0, 0.1) is 6.92 Å². The largest absolute Gasteiger partial charge is 0.487 e. The number of hydrogen-bond acceptors (Lipinski definition) is 2. The third-order valence-corrected chi connectivity index (χ3v) is 4.23. The number of ether oxygens (including phenoxy) is 1. The minimum absolute atomic E-state index is 0.357. The van der Waals surface area contributed by atoms with Gasteiger partial charge >= 0.3 is 0 Å². The Morgan fingerprint density at radius 3 is 2.57 bits per heavy atom. The predicted molar refractivity (Wildman–Crippen MR) is 95.7 cm³/mol. The predicted octanol–water partition coefficient (Wildman–Crippen LogP) is 4.57. The smallest absolute Gasteiger partial charge is 0.128 e. The van der Waals surface area contributed by atoms with Crippen molar-refractivity contribution in [3.05, 3.63) is 65.4 Å². The van der Waals surface area contributed by atoms with E-state index >= 15 is 0 Å². The summed E-state index contributed by atoms with van der Waals surface area (Å²) in [5.74, 6) is 0.937. The van der Waals surface area contributed by atoms with Crippen molar-refractivity contribution in [2.45, 2.75) is 40.0 Å². The summed E-state index contributed by atoms with van der Waals surface area (Å²) in [6.07, 6.45) is 0. The number of fused-ring (bicyclic) bond motifs is 1. The number of aryl methyl sites for hydroxylation is 1. The standard InChI is InChI=1S/C20H24N2O/c1-14(2)22-18(13-23-19-10-5-4-7-15(19)3)11-16-8-6-9-17(12-21)20(16)22/h4-11,14H,12-13,21H2,1-3H3. The first-order chi connectivity index (χ1) is 11.1. The summed E-state index contributed by atoms with van der Waals surface area (Å²) < 4.78 is 8.41. The topological polar surface area (TPSA) is 40.2 Å². The molecule has 0 saturated carbocycles. The highest BCUT2D eigenvalue weighted by Gasteiger charge is 2.14. The molecule has 0 unspecified atom stereocenters. The zero-order valence-corrected chi connectivity index (χ0v) is 14.0. The second-order valence-electron chi connectivity index (χ2n) is 6.21. The normalized spacial score (nSPS) is 11.3. The van der Waals surface area contributed by atoms with Crippen LogP contribution >= 0.6 is 0 Å². The molecule has 0 bridgehead atoms. The highest BCUT2D eigenvalue weighted by Crippen LogP contribution is 2.28. The molecule has 3 aromatic rings. The van der Waals surface area contributed by atoms with Crippen LogP contribution in [0.4, 0.5) is 0 Å². The summed E-state index contributed by atoms with van der Waals surface area (Å²) in [5, 5.41) is 1.23. The average Bonchev–Trinajstić information content (AvgIpc) is 2.92. The number of nitrogens with zero attached hydrogens (tertiary/aromatic N) is 1. The van der Waals surface area contributed by atoms with Crippen LogP contribution in [0.2, 0.25) is 0 Å². The van der Waals surface area contributed by atoms with Crippen molar-refractivity contribution in [3.63, 3.8) is 0 Å². The summed E-state index contributed by atoms with van der Waals surface area (Å²) >= 11 is 0. The van der Waals surface area contributed by atoms with Crippen LogP contribution in [0.3, 0.4) is 0 Å². The Bertz CT molecular complexity index is 818. The molecule has 0 saturated heterocycles. The van der Waals surface area contributed by atoms with Gasteiger partial charge in [0.05, 0.1) is 11.2 Å². The molecule has 0 amide bonds. The van der Waals surface area contributed by atoms with Gasteiger partial charge in [-0.05, 0) is 44.0 Å². The fourth-order valence-electron chi connectivity index (χ4n) is 3.15. The van der Waals surface area contributed by atoms with Crippen LogP contribution in [0.1, 0.15) is 36.7 Å². The first-order valence-corrected chi connectivity index (χ1v) is 8.12. The van der Waals surface area contributed by atoms with Gasteiger partial charge in [-0.2, -0.15) is 0 Å². The molecule has 3 rings (SSSR count). The Kier molecular flexibility index (Phi) is 4.39. The van der Waals surface area contributed by atoms with Gasteiger partial charge in [0.15, 0.2) is 0 Å². The van der Waals surface area contributed by atoms with Gasteiger partial charge in [0.1, 0.15) is 12.4 Å². The molecule has 0 aliphatic heterocycles. The SMILES string of the molecule is Cc1ccccc1OCc1cc2cccc(CN)c2n1C(C)C. The van der Waals surface area contributed by atoms with E-state index < -0.39 is 0 Å². The van der Waals surface area contributed by atoms with Crippen molar-refractivity contribution < 1.29 is 4.74 Å². The van der Waals surface area contributed by atoms with Gasteiger partial charge in [-0.15, -0.1) is 0 Å². The summed E-state index contributed by atoms with van der Waals surface area (Å²) in [6.45, 7) is 7.57. The molecule has 120 valence electrons. The summed E-state index contributed by atoms with van der Waals surface area (Å²) in [6, 6.07) is 17.0. The molecule has 0 aliphatic carbocycles. The molecule has 1 heterocycles. The van der Waals surface area contributed by atoms with Gasteiger partial charge < -0.3 is 15.0 Å². The van der Waals surface area contributed by atoms with Gasteiger partial charge in [0.25, 0.3) is 0 Å². The zero-order valence-electron chi connectivity index (χ0n) is 14.0. The highest BCUT2D eigenvalue weighted by atomic mass is 16.5. The Balaban J connectivity index is 2.00. The van der Waals surface area contributed by atoms with Gasteiger partial charge in [-0.1, -0.05) is 36.4 Å². The average molecular weight is 308 g/mol. The van der Waals surface area contributed by atoms with Crippen LogP contribution in [-0.2, 0) is 13.2 Å². The van der Waals surface area contributed by atoms with E-state index in [-0.39, 0.29) is 0 Å². The molecule has 23 heavy (non-hydrogen) atoms. The Morgan fingerprint density at radius 2 is 1.87 bits per heavy atom. The number of rotatable bonds is 5. The van der Waals surface area contributed by atoms with Gasteiger partial charge in [0.2, 0.25) is 0 Å². The van der Waals surface area contributed by atoms with Crippen LogP contribution in [0.25, 0.3) is 10.9 Å². The molecular formula is C20H24N2O. The fraction of sp³-hybridized carbons (Fsp3) is 0.300. The van der Waals surface area contributed by atoms with Crippen molar-refractivity contribution in [1.82, 2.24) is 4.57 Å². The molecule has 0 radical (unpaired) electrons. The highest BCUT2D eigenvalue weighted by molar-refractivity contribution is 5.84. The maximum atomic E-state index is 6.06. The Morgan fingerprint density at radius 1 is 1.09 bits per heavy atom. The molecule has 0 atom stereocenters. The van der Waals surface area contributed by atoms with Crippen LogP contribution in [-0.4, -0.2) is 4.57 Å². The lowest BCUT2D eigenvalue weighted by atomic mass is 10.1. The molecule has 1 aromatic heterocycles. The maximum Gasteiger partial charge on any atom is 0.128 e. The van der Waals surface area contributed by atoms with E-state index in [4.69, 9.17) is 10.5 Å². The van der Waals surface area contributed by atoms with Crippen LogP contribution in [0.15, 0.2) is 48.5 Å². The van der Waals surface area contributed by atoms with E-state index in [0.29, 0.717) is 19.2 Å². The minimum Gasteiger partial charge on any atom is -0.487 e. The van der Waals surface area contributed by atoms with Crippen molar-refractivity contribution >= 4 is 10.9 Å². The minimum atomic E-state index is 0.357. The molecular weight excluding hydrogens is 284 g/mol. The van der Waals surface area contributed by atoms with E-state index in [2.05, 4.69) is 55.7 Å². The summed E-state index contributed by atoms with van der Waals surface area (Å²) in [4.78, 5) is 0. The number of para-hydroxylation sites is 2. The number of benzene rings is 2. The van der Waals surface area contributed by atoms with Crippen LogP contribution in [0.5, 0.6) is 5.75 Å². The molecule has 3 heteroatoms. The van der Waals surface area contributed by atoms with Crippen molar-refractivity contribution in [2.75, 3.05) is 0 Å². The third kappa shape index (κ3) is 2.97. The van der Waals surface area contributed by atoms with Crippen LogP contribution < -0.4 is 10.5 Å². The first kappa shape index (κ1) is 15.6. The zero-order chi connectivity index (χ0) is 16.4. The van der Waals surface area contributed by atoms with Crippen molar-refractivity contribution in [1.29, 1.82) is 0 Å². The number of nitrogens with two attached hydrogens (primary N) is 1. The third-order valence-electron chi connectivity index (χ3n) is 4.23. The fourth-order valence-corrected chi connectivity index (χ4v) is 3.15. The van der Waals surface area contributed by atoms with Gasteiger partial charge in [-0.25, -0.2) is 0 Å². The van der Waals surface area contributed by atoms with Gasteiger partial charge in [0, 0.05) is 18.0 Å². The second kappa shape index (κ2) is 6.47. The lowest BCUT2D eigenvalue weighted by molar-refractivity contribution is 0.291. The maximum absolute atomic E-state index is 6.06. The van der Waals surface area contributed by atoms with E-state index in [9.17, 15) is 0 Å². The van der Waals surface area contributed by atoms with Crippen molar-refractivity contribution in [3.8, 4) is 5.75 Å². The van der Waals surface area contributed by atoms with E-state index in [1.807, 2.05) is 18.2 Å². The molecule has 0 aliphatic rings. The summed E-state index contributed by atoms with van der Waals surface area (Å²) in [5.41, 5.74) is 10.7. The number of aromatic nitrogens is 1. The lowest BCUT2D eigenvalue weighted by Crippen LogP contribution is -2.10. The second-order valence-corrected chi connectivity index (χ2v) is 6.21. The number of hydrogen-bond donors (Lipinski definition) is 1. The van der Waals surface area contributed by atoms with E-state index in [0.717, 1.165) is 11.3 Å². The molecule has 2 N–H and O–H groups in total. The van der Waals surface area contributed by atoms with E-state index in [1.165, 1.54) is 22.2 Å². The quantitative estimate of drug-likeness (QED) is 0.750. The molecule has 3 nitrogen and oxygen atoms in total. The Labute approximate surface area is 137 Å². The molecule has 0 fully saturated rings. The Hall–Kier alpha value is -2.26. The van der Waals surface area contributed by atoms with Crippen molar-refractivity contribution in [2.24, 2.45) is 5.73 Å². The van der Waals surface area contributed by atoms with E-state index in [1.54, 1.807) is 0 Å². The lowest BCUT2D eigenvalue weighted by Gasteiger charge is -2.17.